The number of nitrogens with one attached hydrogen (secondary N) is 3. The number of fused-ring (bicyclic) bond motifs is 2. The Morgan fingerprint density at radius 1 is 1.18 bits per heavy atom. The van der Waals surface area contributed by atoms with E-state index in [0.29, 0.717) is 5.69 Å². The maximum atomic E-state index is 14.5. The Kier molecular flexibility index (Phi) is 5.57. The lowest BCUT2D eigenvalue weighted by molar-refractivity contribution is -0.323. The fourth-order valence-electron chi connectivity index (χ4n) is 4.91. The molecule has 5 rings (SSSR count). The monoisotopic (exact) mass is 481 g/mol. The van der Waals surface area contributed by atoms with Gasteiger partial charge >= 0.3 is 6.18 Å². The topological polar surface area (TPSA) is 100 Å². The van der Waals surface area contributed by atoms with Crippen molar-refractivity contribution in [2.45, 2.75) is 13.1 Å². The third-order valence-corrected chi connectivity index (χ3v) is 6.66. The Morgan fingerprint density at radius 2 is 2.03 bits per heavy atom. The second kappa shape index (κ2) is 8.32. The van der Waals surface area contributed by atoms with Gasteiger partial charge in [-0.15, -0.1) is 0 Å². The maximum absolute atomic E-state index is 14.5. The highest BCUT2D eigenvalue weighted by Gasteiger charge is 2.73. The first kappa shape index (κ1) is 22.7. The summed E-state index contributed by atoms with van der Waals surface area (Å²) in [6.45, 7) is 1.07. The largest absolute Gasteiger partial charge is 0.398 e. The zero-order valence-corrected chi connectivity index (χ0v) is 18.2. The van der Waals surface area contributed by atoms with E-state index in [1.807, 2.05) is 0 Å². The van der Waals surface area contributed by atoms with Crippen LogP contribution in [0.25, 0.3) is 10.9 Å². The van der Waals surface area contributed by atoms with E-state index in [2.05, 4.69) is 30.8 Å². The molecule has 2 aliphatic heterocycles. The SMILES string of the molecule is CCOOCC12CNCC1(C(F)(F)F)CN(c1ncc(F)c(Nc3ccc4[nH]ncc4c3)n1)C2. The van der Waals surface area contributed by atoms with Crippen LogP contribution in [0.1, 0.15) is 6.92 Å². The molecule has 0 spiro atoms. The summed E-state index contributed by atoms with van der Waals surface area (Å²) in [6.07, 6.45) is -1.93. The lowest BCUT2D eigenvalue weighted by Gasteiger charge is -2.38. The molecule has 2 fully saturated rings. The molecule has 3 aromatic rings. The lowest BCUT2D eigenvalue weighted by atomic mass is 9.68. The number of rotatable bonds is 7. The van der Waals surface area contributed by atoms with E-state index in [9.17, 15) is 17.6 Å². The normalized spacial score (nSPS) is 24.7. The molecule has 0 bridgehead atoms. The van der Waals surface area contributed by atoms with Crippen LogP contribution in [0.3, 0.4) is 0 Å². The molecule has 13 heteroatoms. The van der Waals surface area contributed by atoms with Crippen molar-refractivity contribution in [3.8, 4) is 0 Å². The smallest absolute Gasteiger partial charge is 0.339 e. The summed E-state index contributed by atoms with van der Waals surface area (Å²) >= 11 is 0. The van der Waals surface area contributed by atoms with Gasteiger partial charge in [0, 0.05) is 42.7 Å². The molecular weight excluding hydrogens is 458 g/mol. The Morgan fingerprint density at radius 3 is 2.82 bits per heavy atom. The zero-order valence-electron chi connectivity index (χ0n) is 18.2. The third-order valence-electron chi connectivity index (χ3n) is 6.66. The van der Waals surface area contributed by atoms with Crippen LogP contribution in [-0.4, -0.2) is 65.7 Å². The van der Waals surface area contributed by atoms with Crippen LogP contribution in [0.15, 0.2) is 30.6 Å². The van der Waals surface area contributed by atoms with Crippen molar-refractivity contribution >= 4 is 28.4 Å². The minimum Gasteiger partial charge on any atom is -0.339 e. The van der Waals surface area contributed by atoms with E-state index < -0.39 is 22.8 Å². The average molecular weight is 481 g/mol. The number of aromatic nitrogens is 4. The average Bonchev–Trinajstić information content (AvgIpc) is 3.47. The van der Waals surface area contributed by atoms with Crippen molar-refractivity contribution in [2.75, 3.05) is 49.6 Å². The van der Waals surface area contributed by atoms with Crippen molar-refractivity contribution in [3.05, 3.63) is 36.4 Å². The molecule has 2 aromatic heterocycles. The molecule has 2 atom stereocenters. The highest BCUT2D eigenvalue weighted by molar-refractivity contribution is 5.82. The fraction of sp³-hybridized carbons (Fsp3) is 0.476. The maximum Gasteiger partial charge on any atom is 0.398 e. The summed E-state index contributed by atoms with van der Waals surface area (Å²) in [5, 5.41) is 13.3. The fourth-order valence-corrected chi connectivity index (χ4v) is 4.91. The molecule has 0 saturated carbocycles. The summed E-state index contributed by atoms with van der Waals surface area (Å²) < 4.78 is 57.7. The molecular formula is C21H23F4N7O2. The van der Waals surface area contributed by atoms with Gasteiger partial charge < -0.3 is 15.5 Å². The Bertz CT molecular complexity index is 1190. The van der Waals surface area contributed by atoms with E-state index in [0.717, 1.165) is 17.1 Å². The van der Waals surface area contributed by atoms with Gasteiger partial charge in [-0.05, 0) is 25.1 Å². The zero-order chi connectivity index (χ0) is 24.0. The van der Waals surface area contributed by atoms with Crippen LogP contribution < -0.4 is 15.5 Å². The van der Waals surface area contributed by atoms with Gasteiger partial charge in [0.25, 0.3) is 0 Å². The van der Waals surface area contributed by atoms with Crippen molar-refractivity contribution in [1.82, 2.24) is 25.5 Å². The molecule has 34 heavy (non-hydrogen) atoms. The van der Waals surface area contributed by atoms with Gasteiger partial charge in [0.05, 0.1) is 31.1 Å². The van der Waals surface area contributed by atoms with Crippen molar-refractivity contribution in [3.63, 3.8) is 0 Å². The molecule has 0 aliphatic carbocycles. The first-order valence-electron chi connectivity index (χ1n) is 10.8. The molecule has 2 aliphatic rings. The molecule has 1 aromatic carbocycles. The highest BCUT2D eigenvalue weighted by Crippen LogP contribution is 2.58. The first-order chi connectivity index (χ1) is 16.3. The van der Waals surface area contributed by atoms with Gasteiger partial charge in [0.2, 0.25) is 5.95 Å². The number of hydrogen-bond acceptors (Lipinski definition) is 8. The number of halogens is 4. The van der Waals surface area contributed by atoms with Crippen LogP contribution in [-0.2, 0) is 9.78 Å². The number of nitrogens with zero attached hydrogens (tertiary/aromatic N) is 4. The Balaban J connectivity index is 1.44. The second-order valence-electron chi connectivity index (χ2n) is 8.65. The standard InChI is InChI=1S/C21H23F4N7O2/c1-2-33-34-12-19-8-26-9-20(19,21(23,24)25)11-32(10-19)18-27-7-15(22)17(30-18)29-14-3-4-16-13(5-14)6-28-31-16/h3-7,26H,2,8-12H2,1H3,(H,28,31)(H,27,29,30). The van der Waals surface area contributed by atoms with E-state index >= 15 is 0 Å². The molecule has 2 unspecified atom stereocenters. The summed E-state index contributed by atoms with van der Waals surface area (Å²) in [5.74, 6) is -0.858. The predicted octanol–water partition coefficient (Wildman–Crippen LogP) is 3.16. The summed E-state index contributed by atoms with van der Waals surface area (Å²) in [5.41, 5.74) is -2.04. The minimum atomic E-state index is -4.51. The van der Waals surface area contributed by atoms with E-state index in [4.69, 9.17) is 9.78 Å². The van der Waals surface area contributed by atoms with Crippen molar-refractivity contribution < 1.29 is 27.3 Å². The summed E-state index contributed by atoms with van der Waals surface area (Å²) in [6, 6.07) is 5.24. The van der Waals surface area contributed by atoms with Gasteiger partial charge in [-0.3, -0.25) is 5.10 Å². The van der Waals surface area contributed by atoms with Crippen molar-refractivity contribution in [1.29, 1.82) is 0 Å². The van der Waals surface area contributed by atoms with E-state index in [1.54, 1.807) is 31.3 Å². The van der Waals surface area contributed by atoms with Crippen molar-refractivity contribution in [2.24, 2.45) is 10.8 Å². The molecule has 4 heterocycles. The predicted molar refractivity (Wildman–Crippen MR) is 115 cm³/mol. The number of aromatic amines is 1. The van der Waals surface area contributed by atoms with Gasteiger partial charge in [0.15, 0.2) is 11.6 Å². The summed E-state index contributed by atoms with van der Waals surface area (Å²) in [4.78, 5) is 19.7. The van der Waals surface area contributed by atoms with Crippen LogP contribution in [0.2, 0.25) is 0 Å². The van der Waals surface area contributed by atoms with Gasteiger partial charge in [0.1, 0.15) is 5.41 Å². The van der Waals surface area contributed by atoms with E-state index in [1.165, 1.54) is 4.90 Å². The van der Waals surface area contributed by atoms with E-state index in [-0.39, 0.29) is 51.2 Å². The highest BCUT2D eigenvalue weighted by atomic mass is 19.4. The quantitative estimate of drug-likeness (QED) is 0.205. The molecule has 0 amide bonds. The molecule has 9 nitrogen and oxygen atoms in total. The Labute approximate surface area is 191 Å². The summed E-state index contributed by atoms with van der Waals surface area (Å²) in [7, 11) is 0. The minimum absolute atomic E-state index is 0.00194. The van der Waals surface area contributed by atoms with Gasteiger partial charge in [-0.1, -0.05) is 0 Å². The van der Waals surface area contributed by atoms with Gasteiger partial charge in [-0.25, -0.2) is 19.1 Å². The molecule has 182 valence electrons. The third kappa shape index (κ3) is 3.63. The molecule has 2 saturated heterocycles. The molecule has 0 radical (unpaired) electrons. The molecule has 3 N–H and O–H groups in total. The number of H-pyrrole nitrogens is 1. The first-order valence-corrected chi connectivity index (χ1v) is 10.8. The number of benzene rings is 1. The van der Waals surface area contributed by atoms with Gasteiger partial charge in [-0.2, -0.15) is 23.3 Å². The number of alkyl halides is 3. The second-order valence-corrected chi connectivity index (χ2v) is 8.65. The lowest BCUT2D eigenvalue weighted by Crippen LogP contribution is -2.53. The van der Waals surface area contributed by atoms with Crippen LogP contribution >= 0.6 is 0 Å². The number of anilines is 3. The van der Waals surface area contributed by atoms with Crippen LogP contribution in [0.5, 0.6) is 0 Å². The van der Waals surface area contributed by atoms with Crippen LogP contribution in [0, 0.1) is 16.6 Å². The number of hydrogen-bond donors (Lipinski definition) is 3. The van der Waals surface area contributed by atoms with Crippen LogP contribution in [0.4, 0.5) is 35.0 Å². The Hall–Kier alpha value is -3.03.